The highest BCUT2D eigenvalue weighted by Gasteiger charge is 2.41. The van der Waals surface area contributed by atoms with Crippen LogP contribution in [-0.4, -0.2) is 45.5 Å². The van der Waals surface area contributed by atoms with E-state index in [4.69, 9.17) is 13.9 Å². The average molecular weight is 369 g/mol. The zero-order valence-electron chi connectivity index (χ0n) is 16.8. The predicted octanol–water partition coefficient (Wildman–Crippen LogP) is 4.41. The average Bonchev–Trinajstić information content (AvgIpc) is 3.00. The molecule has 0 aromatic rings. The van der Waals surface area contributed by atoms with Gasteiger partial charge in [-0.25, -0.2) is 0 Å². The van der Waals surface area contributed by atoms with E-state index in [2.05, 4.69) is 39.9 Å². The van der Waals surface area contributed by atoms with E-state index in [0.29, 0.717) is 19.8 Å². The second kappa shape index (κ2) is 8.38. The highest BCUT2D eigenvalue weighted by atomic mass is 28.4. The van der Waals surface area contributed by atoms with E-state index in [1.807, 2.05) is 6.92 Å². The Balaban J connectivity index is 2.07. The normalized spacial score (nSPS) is 26.2. The molecule has 0 radical (unpaired) electrons. The number of rotatable bonds is 7. The van der Waals surface area contributed by atoms with E-state index >= 15 is 0 Å². The van der Waals surface area contributed by atoms with Gasteiger partial charge in [-0.15, -0.1) is 0 Å². The Bertz CT molecular complexity index is 504. The Labute approximate surface area is 154 Å². The first-order valence-corrected chi connectivity index (χ1v) is 12.5. The van der Waals surface area contributed by atoms with E-state index < -0.39 is 14.4 Å². The van der Waals surface area contributed by atoms with Crippen LogP contribution in [0.2, 0.25) is 18.1 Å². The minimum atomic E-state index is -1.88. The lowest BCUT2D eigenvalue weighted by Crippen LogP contribution is -2.47. The summed E-state index contributed by atoms with van der Waals surface area (Å²) in [5.41, 5.74) is 2.86. The highest BCUT2D eigenvalue weighted by Crippen LogP contribution is 2.40. The number of aliphatic hydroxyl groups excluding tert-OH is 1. The van der Waals surface area contributed by atoms with Crippen molar-refractivity contribution in [2.75, 3.05) is 19.8 Å². The lowest BCUT2D eigenvalue weighted by molar-refractivity contribution is -0.0694. The largest absolute Gasteiger partial charge is 0.502 e. The summed E-state index contributed by atoms with van der Waals surface area (Å²) < 4.78 is 17.7. The number of hydrogen-bond acceptors (Lipinski definition) is 4. The standard InChI is InChI=1S/C20H36O4Si/c1-7-22-12-11-17-16-10-8-9-15(16)13-23-19(17)18(21)14-24-25(5,6)20(2,3)4/h11-12,17-19,21H,7-10,13-14H2,1-6H3/b12-11+/t17-,18-,19+/m1/s1. The Kier molecular flexibility index (Phi) is 6.93. The number of ether oxygens (including phenoxy) is 2. The zero-order valence-corrected chi connectivity index (χ0v) is 17.8. The van der Waals surface area contributed by atoms with Crippen LogP contribution >= 0.6 is 0 Å². The SMILES string of the molecule is CCO/C=C/[C@@H]1C2=C(CCC2)CO[C@@H]1[C@H](O)CO[Si](C)(C)C(C)(C)C. The summed E-state index contributed by atoms with van der Waals surface area (Å²) in [6.45, 7) is 14.7. The van der Waals surface area contributed by atoms with Crippen LogP contribution in [0.15, 0.2) is 23.5 Å². The summed E-state index contributed by atoms with van der Waals surface area (Å²) in [6.07, 6.45) is 6.36. The van der Waals surface area contributed by atoms with Gasteiger partial charge < -0.3 is 19.0 Å². The van der Waals surface area contributed by atoms with Crippen molar-refractivity contribution in [3.05, 3.63) is 23.5 Å². The summed E-state index contributed by atoms with van der Waals surface area (Å²) in [6, 6.07) is 0. The third kappa shape index (κ3) is 4.97. The molecule has 0 unspecified atom stereocenters. The van der Waals surface area contributed by atoms with Crippen LogP contribution in [0.3, 0.4) is 0 Å². The molecular formula is C20H36O4Si. The molecule has 1 N–H and O–H groups in total. The van der Waals surface area contributed by atoms with Crippen molar-refractivity contribution in [3.63, 3.8) is 0 Å². The smallest absolute Gasteiger partial charge is 0.192 e. The topological polar surface area (TPSA) is 47.9 Å². The van der Waals surface area contributed by atoms with Gasteiger partial charge in [0, 0.05) is 5.92 Å². The van der Waals surface area contributed by atoms with Gasteiger partial charge in [0.1, 0.15) is 6.10 Å². The van der Waals surface area contributed by atoms with Crippen molar-refractivity contribution < 1.29 is 19.0 Å². The van der Waals surface area contributed by atoms with Crippen LogP contribution in [0, 0.1) is 5.92 Å². The first-order valence-electron chi connectivity index (χ1n) is 9.60. The van der Waals surface area contributed by atoms with Gasteiger partial charge in [0.05, 0.1) is 32.2 Å². The predicted molar refractivity (Wildman–Crippen MR) is 104 cm³/mol. The third-order valence-corrected chi connectivity index (χ3v) is 10.4. The maximum atomic E-state index is 10.8. The molecule has 0 saturated carbocycles. The minimum absolute atomic E-state index is 0.0933. The fourth-order valence-corrected chi connectivity index (χ4v) is 4.33. The maximum Gasteiger partial charge on any atom is 0.192 e. The van der Waals surface area contributed by atoms with Crippen LogP contribution < -0.4 is 0 Å². The van der Waals surface area contributed by atoms with Crippen LogP contribution in [0.5, 0.6) is 0 Å². The molecule has 0 aromatic carbocycles. The van der Waals surface area contributed by atoms with Crippen LogP contribution in [-0.2, 0) is 13.9 Å². The summed E-state index contributed by atoms with van der Waals surface area (Å²) in [5.74, 6) is 0.0933. The van der Waals surface area contributed by atoms with Gasteiger partial charge >= 0.3 is 0 Å². The minimum Gasteiger partial charge on any atom is -0.502 e. The molecule has 0 amide bonds. The lowest BCUT2D eigenvalue weighted by Gasteiger charge is -2.39. The molecule has 1 aliphatic heterocycles. The summed E-state index contributed by atoms with van der Waals surface area (Å²) in [7, 11) is -1.88. The van der Waals surface area contributed by atoms with Crippen molar-refractivity contribution in [1.82, 2.24) is 0 Å². The maximum absolute atomic E-state index is 10.8. The van der Waals surface area contributed by atoms with Crippen molar-refractivity contribution in [1.29, 1.82) is 0 Å². The monoisotopic (exact) mass is 368 g/mol. The Morgan fingerprint density at radius 3 is 2.68 bits per heavy atom. The van der Waals surface area contributed by atoms with Gasteiger partial charge in [-0.05, 0) is 56.0 Å². The Hall–Kier alpha value is -0.623. The number of hydrogen-bond donors (Lipinski definition) is 1. The van der Waals surface area contributed by atoms with Gasteiger partial charge in [-0.2, -0.15) is 0 Å². The van der Waals surface area contributed by atoms with Crippen LogP contribution in [0.25, 0.3) is 0 Å². The van der Waals surface area contributed by atoms with Crippen LogP contribution in [0.1, 0.15) is 47.0 Å². The molecule has 25 heavy (non-hydrogen) atoms. The van der Waals surface area contributed by atoms with Crippen LogP contribution in [0.4, 0.5) is 0 Å². The summed E-state index contributed by atoms with van der Waals surface area (Å²) in [4.78, 5) is 0. The van der Waals surface area contributed by atoms with Gasteiger partial charge in [-0.1, -0.05) is 26.3 Å². The fourth-order valence-electron chi connectivity index (χ4n) is 3.31. The molecule has 2 rings (SSSR count). The Morgan fingerprint density at radius 1 is 1.32 bits per heavy atom. The van der Waals surface area contributed by atoms with Gasteiger partial charge in [-0.3, -0.25) is 0 Å². The molecule has 0 spiro atoms. The molecular weight excluding hydrogens is 332 g/mol. The molecule has 5 heteroatoms. The summed E-state index contributed by atoms with van der Waals surface area (Å²) >= 11 is 0. The van der Waals surface area contributed by atoms with E-state index in [0.717, 1.165) is 12.8 Å². The van der Waals surface area contributed by atoms with E-state index in [9.17, 15) is 5.11 Å². The van der Waals surface area contributed by atoms with E-state index in [-0.39, 0.29) is 17.1 Å². The van der Waals surface area contributed by atoms with E-state index in [1.54, 1.807) is 6.26 Å². The molecule has 3 atom stereocenters. The molecule has 1 heterocycles. The van der Waals surface area contributed by atoms with Crippen molar-refractivity contribution in [2.45, 2.75) is 77.3 Å². The fraction of sp³-hybridized carbons (Fsp3) is 0.800. The second-order valence-corrected chi connectivity index (χ2v) is 13.5. The molecule has 4 nitrogen and oxygen atoms in total. The molecule has 144 valence electrons. The second-order valence-electron chi connectivity index (χ2n) is 8.71. The molecule has 0 bridgehead atoms. The lowest BCUT2D eigenvalue weighted by atomic mass is 9.86. The Morgan fingerprint density at radius 2 is 2.04 bits per heavy atom. The molecule has 0 fully saturated rings. The molecule has 0 saturated heterocycles. The van der Waals surface area contributed by atoms with Gasteiger partial charge in [0.15, 0.2) is 8.32 Å². The number of aliphatic hydroxyl groups is 1. The molecule has 1 aliphatic carbocycles. The first kappa shape index (κ1) is 20.7. The quantitative estimate of drug-likeness (QED) is 0.411. The van der Waals surface area contributed by atoms with Crippen molar-refractivity contribution >= 4 is 8.32 Å². The van der Waals surface area contributed by atoms with Crippen molar-refractivity contribution in [3.8, 4) is 0 Å². The summed E-state index contributed by atoms with van der Waals surface area (Å²) in [5, 5.41) is 11.0. The molecule has 0 aromatic heterocycles. The van der Waals surface area contributed by atoms with Gasteiger partial charge in [0.2, 0.25) is 0 Å². The highest BCUT2D eigenvalue weighted by molar-refractivity contribution is 6.74. The van der Waals surface area contributed by atoms with Crippen molar-refractivity contribution in [2.24, 2.45) is 5.92 Å². The van der Waals surface area contributed by atoms with E-state index in [1.165, 1.54) is 17.6 Å². The third-order valence-electron chi connectivity index (χ3n) is 5.93. The first-order chi connectivity index (χ1) is 11.7. The zero-order chi connectivity index (χ0) is 18.7. The van der Waals surface area contributed by atoms with Gasteiger partial charge in [0.25, 0.3) is 0 Å². The molecule has 2 aliphatic rings.